The molecule has 0 N–H and O–H groups in total. The first kappa shape index (κ1) is 20.4. The molecule has 1 aromatic heterocycles. The number of hydrogen-bond acceptors (Lipinski definition) is 6. The van der Waals surface area contributed by atoms with Crippen molar-refractivity contribution in [3.8, 4) is 5.75 Å². The van der Waals surface area contributed by atoms with E-state index in [1.54, 1.807) is 36.6 Å². The summed E-state index contributed by atoms with van der Waals surface area (Å²) < 4.78 is 16.0. The summed E-state index contributed by atoms with van der Waals surface area (Å²) in [5, 5.41) is 5.98. The molecule has 0 saturated heterocycles. The van der Waals surface area contributed by atoms with Crippen LogP contribution in [-0.2, 0) is 9.53 Å². The maximum absolute atomic E-state index is 13.0. The number of benzene rings is 2. The molecule has 0 fully saturated rings. The Morgan fingerprint density at radius 3 is 2.58 bits per heavy atom. The van der Waals surface area contributed by atoms with Crippen molar-refractivity contribution in [2.75, 3.05) is 13.7 Å². The summed E-state index contributed by atoms with van der Waals surface area (Å²) in [7, 11) is 1.30. The zero-order valence-electron chi connectivity index (χ0n) is 17.3. The van der Waals surface area contributed by atoms with Gasteiger partial charge in [0, 0.05) is 6.42 Å². The molecule has 4 rings (SSSR count). The van der Waals surface area contributed by atoms with Crippen LogP contribution >= 0.6 is 0 Å². The van der Waals surface area contributed by atoms with E-state index >= 15 is 0 Å². The molecule has 7 heteroatoms. The summed E-state index contributed by atoms with van der Waals surface area (Å²) in [5.41, 5.74) is 3.15. The lowest BCUT2D eigenvalue weighted by Gasteiger charge is -2.20. The number of carbonyl (C=O) groups is 2. The molecule has 3 aromatic rings. The van der Waals surface area contributed by atoms with Crippen LogP contribution in [0.4, 0.5) is 0 Å². The third kappa shape index (κ3) is 4.35. The number of methoxy groups -OCH3 is 1. The van der Waals surface area contributed by atoms with Crippen LogP contribution in [0.2, 0.25) is 0 Å². The Kier molecular flexibility index (Phi) is 5.84. The molecule has 0 aliphatic carbocycles. The van der Waals surface area contributed by atoms with Crippen molar-refractivity contribution in [1.29, 1.82) is 0 Å². The third-order valence-corrected chi connectivity index (χ3v) is 5.07. The molecule has 1 aliphatic heterocycles. The lowest BCUT2D eigenvalue weighted by atomic mass is 10.0. The van der Waals surface area contributed by atoms with E-state index in [0.717, 1.165) is 16.8 Å². The van der Waals surface area contributed by atoms with Gasteiger partial charge >= 0.3 is 5.97 Å². The molecule has 1 aliphatic rings. The Balaban J connectivity index is 1.56. The normalized spacial score (nSPS) is 15.5. The van der Waals surface area contributed by atoms with Gasteiger partial charge in [-0.15, -0.1) is 0 Å². The summed E-state index contributed by atoms with van der Waals surface area (Å²) in [6.07, 6.45) is 2.10. The number of nitrogens with zero attached hydrogens (tertiary/aromatic N) is 2. The summed E-state index contributed by atoms with van der Waals surface area (Å²) in [4.78, 5) is 25.0. The van der Waals surface area contributed by atoms with E-state index in [1.165, 1.54) is 12.1 Å². The van der Waals surface area contributed by atoms with Crippen molar-refractivity contribution in [3.05, 3.63) is 89.4 Å². The highest BCUT2D eigenvalue weighted by Gasteiger charge is 2.35. The number of amides is 1. The minimum absolute atomic E-state index is 0.255. The van der Waals surface area contributed by atoms with Gasteiger partial charge in [-0.2, -0.15) is 5.10 Å². The standard InChI is InChI=1S/C24H22N2O5/c1-16-9-11-17(12-10-16)19-14-20(22-8-5-13-30-22)26(25-19)23(27)15-31-21-7-4-3-6-18(21)24(28)29-2/h3-13,20H,14-15H2,1-2H3/t20-/m0/s1. The summed E-state index contributed by atoms with van der Waals surface area (Å²) >= 11 is 0. The van der Waals surface area contributed by atoms with Gasteiger partial charge in [-0.3, -0.25) is 4.79 Å². The van der Waals surface area contributed by atoms with E-state index in [4.69, 9.17) is 13.9 Å². The molecule has 158 valence electrons. The fraction of sp³-hybridized carbons (Fsp3) is 0.208. The molecule has 0 bridgehead atoms. The number of rotatable bonds is 6. The molecule has 0 saturated carbocycles. The second kappa shape index (κ2) is 8.87. The molecule has 1 amide bonds. The molecule has 1 atom stereocenters. The van der Waals surface area contributed by atoms with Gasteiger partial charge in [0.2, 0.25) is 0 Å². The predicted molar refractivity (Wildman–Crippen MR) is 114 cm³/mol. The van der Waals surface area contributed by atoms with Crippen LogP contribution in [0.1, 0.15) is 39.7 Å². The second-order valence-corrected chi connectivity index (χ2v) is 7.16. The first-order chi connectivity index (χ1) is 15.1. The van der Waals surface area contributed by atoms with Crippen LogP contribution < -0.4 is 4.74 Å². The van der Waals surface area contributed by atoms with Crippen LogP contribution in [0, 0.1) is 6.92 Å². The van der Waals surface area contributed by atoms with Gasteiger partial charge in [-0.05, 0) is 36.8 Å². The maximum Gasteiger partial charge on any atom is 0.341 e. The quantitative estimate of drug-likeness (QED) is 0.562. The van der Waals surface area contributed by atoms with Crippen molar-refractivity contribution >= 4 is 17.6 Å². The van der Waals surface area contributed by atoms with E-state index in [0.29, 0.717) is 12.2 Å². The van der Waals surface area contributed by atoms with E-state index in [1.807, 2.05) is 37.3 Å². The number of hydrogen-bond donors (Lipinski definition) is 0. The maximum atomic E-state index is 13.0. The predicted octanol–water partition coefficient (Wildman–Crippen LogP) is 4.13. The van der Waals surface area contributed by atoms with Gasteiger partial charge in [0.15, 0.2) is 6.61 Å². The Labute approximate surface area is 179 Å². The van der Waals surface area contributed by atoms with Crippen molar-refractivity contribution < 1.29 is 23.5 Å². The van der Waals surface area contributed by atoms with Crippen LogP contribution in [0.25, 0.3) is 0 Å². The Morgan fingerprint density at radius 2 is 1.87 bits per heavy atom. The number of ether oxygens (including phenoxy) is 2. The second-order valence-electron chi connectivity index (χ2n) is 7.16. The molecule has 7 nitrogen and oxygen atoms in total. The fourth-order valence-corrected chi connectivity index (χ4v) is 3.44. The highest BCUT2D eigenvalue weighted by molar-refractivity contribution is 6.03. The third-order valence-electron chi connectivity index (χ3n) is 5.07. The molecule has 0 unspecified atom stereocenters. The molecule has 0 radical (unpaired) electrons. The Bertz CT molecular complexity index is 1100. The number of hydrazone groups is 1. The molecular formula is C24H22N2O5. The Morgan fingerprint density at radius 1 is 1.10 bits per heavy atom. The van der Waals surface area contributed by atoms with Crippen molar-refractivity contribution in [2.45, 2.75) is 19.4 Å². The van der Waals surface area contributed by atoms with Crippen LogP contribution in [-0.4, -0.2) is 36.3 Å². The van der Waals surface area contributed by atoms with Crippen molar-refractivity contribution in [1.82, 2.24) is 5.01 Å². The molecular weight excluding hydrogens is 396 g/mol. The van der Waals surface area contributed by atoms with Gasteiger partial charge in [-0.25, -0.2) is 9.80 Å². The summed E-state index contributed by atoms with van der Waals surface area (Å²) in [6, 6.07) is 17.9. The minimum Gasteiger partial charge on any atom is -0.483 e. The van der Waals surface area contributed by atoms with Gasteiger partial charge in [0.1, 0.15) is 23.1 Å². The molecule has 2 heterocycles. The SMILES string of the molecule is COC(=O)c1ccccc1OCC(=O)N1N=C(c2ccc(C)cc2)C[C@H]1c1ccco1. The number of esters is 1. The van der Waals surface area contributed by atoms with Crippen LogP contribution in [0.3, 0.4) is 0 Å². The summed E-state index contributed by atoms with van der Waals surface area (Å²) in [6.45, 7) is 1.74. The van der Waals surface area contributed by atoms with E-state index in [9.17, 15) is 9.59 Å². The van der Waals surface area contributed by atoms with E-state index in [2.05, 4.69) is 5.10 Å². The van der Waals surface area contributed by atoms with Crippen molar-refractivity contribution in [2.24, 2.45) is 5.10 Å². The van der Waals surface area contributed by atoms with Crippen LogP contribution in [0.15, 0.2) is 76.4 Å². The lowest BCUT2D eigenvalue weighted by Crippen LogP contribution is -2.31. The molecule has 0 spiro atoms. The topological polar surface area (TPSA) is 81.3 Å². The Hall–Kier alpha value is -3.87. The largest absolute Gasteiger partial charge is 0.483 e. The monoisotopic (exact) mass is 418 g/mol. The highest BCUT2D eigenvalue weighted by Crippen LogP contribution is 2.33. The number of para-hydroxylation sites is 1. The number of aryl methyl sites for hydroxylation is 1. The average Bonchev–Trinajstić information content (AvgIpc) is 3.47. The number of carbonyl (C=O) groups excluding carboxylic acids is 2. The highest BCUT2D eigenvalue weighted by atomic mass is 16.5. The van der Waals surface area contributed by atoms with Gasteiger partial charge < -0.3 is 13.9 Å². The fourth-order valence-electron chi connectivity index (χ4n) is 3.44. The van der Waals surface area contributed by atoms with E-state index in [-0.39, 0.29) is 29.9 Å². The molecule has 2 aromatic carbocycles. The average molecular weight is 418 g/mol. The van der Waals surface area contributed by atoms with Crippen molar-refractivity contribution in [3.63, 3.8) is 0 Å². The first-order valence-electron chi connectivity index (χ1n) is 9.87. The summed E-state index contributed by atoms with van der Waals surface area (Å²) in [5.74, 6) is 0.0499. The van der Waals surface area contributed by atoms with E-state index < -0.39 is 5.97 Å². The minimum atomic E-state index is -0.530. The first-order valence-corrected chi connectivity index (χ1v) is 9.87. The van der Waals surface area contributed by atoms with Crippen LogP contribution in [0.5, 0.6) is 5.75 Å². The zero-order valence-corrected chi connectivity index (χ0v) is 17.3. The van der Waals surface area contributed by atoms with Gasteiger partial charge in [0.05, 0.1) is 19.1 Å². The molecule has 31 heavy (non-hydrogen) atoms. The van der Waals surface area contributed by atoms with Gasteiger partial charge in [-0.1, -0.05) is 42.0 Å². The zero-order chi connectivity index (χ0) is 21.8. The lowest BCUT2D eigenvalue weighted by molar-refractivity contribution is -0.135. The smallest absolute Gasteiger partial charge is 0.341 e. The number of furan rings is 1. The van der Waals surface area contributed by atoms with Gasteiger partial charge in [0.25, 0.3) is 5.91 Å².